The molecule has 1 saturated carbocycles. The number of hydrogen-bond donors (Lipinski definition) is 1. The molecule has 2 aromatic carbocycles. The smallest absolute Gasteiger partial charge is 0.411 e. The molecule has 5 nitrogen and oxygen atoms in total. The molecule has 3 aliphatic rings. The maximum absolute atomic E-state index is 12.4. The Balaban J connectivity index is 1.38. The third kappa shape index (κ3) is 2.90. The lowest BCUT2D eigenvalue weighted by molar-refractivity contribution is -0.259. The van der Waals surface area contributed by atoms with E-state index in [1.165, 1.54) is 0 Å². The zero-order valence-electron chi connectivity index (χ0n) is 17.8. The zero-order valence-corrected chi connectivity index (χ0v) is 17.8. The van der Waals surface area contributed by atoms with Crippen molar-refractivity contribution in [3.8, 4) is 5.75 Å². The maximum atomic E-state index is 12.4. The van der Waals surface area contributed by atoms with Gasteiger partial charge < -0.3 is 14.2 Å². The van der Waals surface area contributed by atoms with Gasteiger partial charge in [0.1, 0.15) is 18.0 Å². The van der Waals surface area contributed by atoms with Crippen LogP contribution < -0.4 is 10.1 Å². The Hall–Kier alpha value is -2.53. The highest BCUT2D eigenvalue weighted by atomic mass is 16.6. The van der Waals surface area contributed by atoms with Gasteiger partial charge in [-0.1, -0.05) is 50.2 Å². The molecule has 30 heavy (non-hydrogen) atoms. The van der Waals surface area contributed by atoms with Crippen LogP contribution in [-0.2, 0) is 9.47 Å². The van der Waals surface area contributed by atoms with E-state index in [0.29, 0.717) is 25.0 Å². The lowest BCUT2D eigenvalue weighted by atomic mass is 9.50. The standard InChI is InChI=1S/C25H29NO4/c1-16-13-24(3)21-17(2)25(16,15-29-23(27)26-18-9-5-4-6-10-18)14-28-22(21)19-11-7-8-12-20(19)30-24/h4-12,16-17,21-22H,13-15H2,1-3H3,(H,26,27)/t16-,17+,21-,22+,24+,25+/m1/s1. The van der Waals surface area contributed by atoms with Gasteiger partial charge in [0.25, 0.3) is 0 Å². The Bertz CT molecular complexity index is 947. The fraction of sp³-hybridized carbons (Fsp3) is 0.480. The van der Waals surface area contributed by atoms with Crippen LogP contribution >= 0.6 is 0 Å². The molecule has 1 saturated heterocycles. The number of benzene rings is 2. The SMILES string of the molecule is C[C@@H]1C[C@]2(C)Oc3ccccc3[C@@H]3OC[C@@]1(COC(=O)Nc1ccccc1)[C@@H](C)[C@H]32. The molecule has 0 spiro atoms. The van der Waals surface area contributed by atoms with Crippen LogP contribution in [0.1, 0.15) is 38.9 Å². The lowest BCUT2D eigenvalue weighted by Crippen LogP contribution is -2.66. The van der Waals surface area contributed by atoms with Crippen LogP contribution in [0.25, 0.3) is 0 Å². The van der Waals surface area contributed by atoms with Gasteiger partial charge in [-0.25, -0.2) is 4.79 Å². The molecule has 0 unspecified atom stereocenters. The van der Waals surface area contributed by atoms with Crippen LogP contribution in [0.5, 0.6) is 5.75 Å². The van der Waals surface area contributed by atoms with Gasteiger partial charge in [0, 0.05) is 22.6 Å². The normalized spacial score (nSPS) is 36.2. The van der Waals surface area contributed by atoms with Crippen LogP contribution in [0.3, 0.4) is 0 Å². The first-order chi connectivity index (χ1) is 14.4. The van der Waals surface area contributed by atoms with Crippen LogP contribution in [0.15, 0.2) is 54.6 Å². The van der Waals surface area contributed by atoms with E-state index in [1.807, 2.05) is 48.5 Å². The average Bonchev–Trinajstić information content (AvgIpc) is 2.73. The summed E-state index contributed by atoms with van der Waals surface area (Å²) in [5.74, 6) is 1.75. The summed E-state index contributed by atoms with van der Waals surface area (Å²) < 4.78 is 18.8. The number of carbonyl (C=O) groups is 1. The molecule has 2 bridgehead atoms. The van der Waals surface area contributed by atoms with Crippen molar-refractivity contribution in [2.24, 2.45) is 23.2 Å². The third-order valence-corrected chi connectivity index (χ3v) is 7.76. The number of hydrogen-bond acceptors (Lipinski definition) is 4. The highest BCUT2D eigenvalue weighted by Gasteiger charge is 2.64. The van der Waals surface area contributed by atoms with Gasteiger partial charge in [0.05, 0.1) is 12.7 Å². The highest BCUT2D eigenvalue weighted by Crippen LogP contribution is 2.63. The molecule has 2 heterocycles. The first kappa shape index (κ1) is 19.4. The minimum atomic E-state index is -0.421. The predicted octanol–water partition coefficient (Wildman–Crippen LogP) is 5.44. The van der Waals surface area contributed by atoms with Crippen LogP contribution in [-0.4, -0.2) is 24.9 Å². The van der Waals surface area contributed by atoms with Gasteiger partial charge >= 0.3 is 6.09 Å². The second-order valence-corrected chi connectivity index (χ2v) is 9.40. The molecule has 6 atom stereocenters. The van der Waals surface area contributed by atoms with E-state index in [9.17, 15) is 4.79 Å². The number of fused-ring (bicyclic) bond motifs is 3. The molecule has 2 aromatic rings. The number of amides is 1. The van der Waals surface area contributed by atoms with Gasteiger partial charge in [-0.05, 0) is 43.4 Å². The number of carbonyl (C=O) groups excluding carboxylic acids is 1. The Morgan fingerprint density at radius 3 is 2.67 bits per heavy atom. The number of rotatable bonds is 3. The van der Waals surface area contributed by atoms with E-state index in [2.05, 4.69) is 32.2 Å². The molecule has 158 valence electrons. The van der Waals surface area contributed by atoms with E-state index < -0.39 is 6.09 Å². The first-order valence-corrected chi connectivity index (χ1v) is 10.8. The summed E-state index contributed by atoms with van der Waals surface area (Å²) in [4.78, 5) is 12.4. The summed E-state index contributed by atoms with van der Waals surface area (Å²) in [5.41, 5.74) is 1.37. The van der Waals surface area contributed by atoms with E-state index in [4.69, 9.17) is 14.2 Å². The number of nitrogens with one attached hydrogen (secondary N) is 1. The summed E-state index contributed by atoms with van der Waals surface area (Å²) in [5, 5.41) is 2.82. The average molecular weight is 408 g/mol. The van der Waals surface area contributed by atoms with Gasteiger partial charge in [0.2, 0.25) is 0 Å². The van der Waals surface area contributed by atoms with Crippen LogP contribution in [0, 0.1) is 23.2 Å². The van der Waals surface area contributed by atoms with Gasteiger partial charge in [-0.3, -0.25) is 5.32 Å². The molecule has 1 amide bonds. The molecule has 0 aromatic heterocycles. The van der Waals surface area contributed by atoms with E-state index in [1.54, 1.807) is 0 Å². The Kier molecular flexibility index (Phi) is 4.55. The summed E-state index contributed by atoms with van der Waals surface area (Å²) >= 11 is 0. The van der Waals surface area contributed by atoms with Crippen molar-refractivity contribution in [2.75, 3.05) is 18.5 Å². The van der Waals surface area contributed by atoms with Crippen molar-refractivity contribution < 1.29 is 19.0 Å². The second kappa shape index (κ2) is 7.02. The fourth-order valence-electron chi connectivity index (χ4n) is 6.13. The number of anilines is 1. The van der Waals surface area contributed by atoms with Crippen molar-refractivity contribution >= 4 is 11.8 Å². The highest BCUT2D eigenvalue weighted by molar-refractivity contribution is 5.84. The maximum Gasteiger partial charge on any atom is 0.411 e. The van der Waals surface area contributed by atoms with Gasteiger partial charge in [0.15, 0.2) is 0 Å². The van der Waals surface area contributed by atoms with E-state index in [0.717, 1.165) is 23.4 Å². The second-order valence-electron chi connectivity index (χ2n) is 9.40. The monoisotopic (exact) mass is 407 g/mol. The first-order valence-electron chi connectivity index (χ1n) is 10.8. The van der Waals surface area contributed by atoms with Crippen molar-refractivity contribution in [3.05, 3.63) is 60.2 Å². The third-order valence-electron chi connectivity index (χ3n) is 7.76. The zero-order chi connectivity index (χ0) is 20.9. The Morgan fingerprint density at radius 1 is 1.13 bits per heavy atom. The number of ether oxygens (including phenoxy) is 3. The summed E-state index contributed by atoms with van der Waals surface area (Å²) in [6, 6.07) is 17.6. The number of para-hydroxylation sites is 2. The summed E-state index contributed by atoms with van der Waals surface area (Å²) in [7, 11) is 0. The van der Waals surface area contributed by atoms with Gasteiger partial charge in [-0.15, -0.1) is 0 Å². The van der Waals surface area contributed by atoms with E-state index in [-0.39, 0.29) is 23.0 Å². The molecule has 2 fully saturated rings. The molecule has 2 aliphatic heterocycles. The summed E-state index contributed by atoms with van der Waals surface area (Å²) in [6.45, 7) is 7.66. The topological polar surface area (TPSA) is 56.8 Å². The van der Waals surface area contributed by atoms with Crippen LogP contribution in [0.2, 0.25) is 0 Å². The largest absolute Gasteiger partial charge is 0.487 e. The minimum Gasteiger partial charge on any atom is -0.487 e. The molecule has 1 N–H and O–H groups in total. The molecule has 5 rings (SSSR count). The van der Waals surface area contributed by atoms with Crippen molar-refractivity contribution in [2.45, 2.75) is 38.9 Å². The lowest BCUT2D eigenvalue weighted by Gasteiger charge is -2.63. The van der Waals surface area contributed by atoms with Crippen molar-refractivity contribution in [3.63, 3.8) is 0 Å². The van der Waals surface area contributed by atoms with Gasteiger partial charge in [-0.2, -0.15) is 0 Å². The predicted molar refractivity (Wildman–Crippen MR) is 114 cm³/mol. The van der Waals surface area contributed by atoms with E-state index >= 15 is 0 Å². The van der Waals surface area contributed by atoms with Crippen molar-refractivity contribution in [1.82, 2.24) is 0 Å². The van der Waals surface area contributed by atoms with Crippen molar-refractivity contribution in [1.29, 1.82) is 0 Å². The summed E-state index contributed by atoms with van der Waals surface area (Å²) in [6.07, 6.45) is 0.518. The quantitative estimate of drug-likeness (QED) is 0.736. The minimum absolute atomic E-state index is 0.0220. The molecule has 0 radical (unpaired) electrons. The molecule has 1 aliphatic carbocycles. The molecular formula is C25H29NO4. The fourth-order valence-corrected chi connectivity index (χ4v) is 6.13. The van der Waals surface area contributed by atoms with Crippen LogP contribution in [0.4, 0.5) is 10.5 Å². The molecule has 5 heteroatoms. The molecular weight excluding hydrogens is 378 g/mol. The Labute approximate surface area is 177 Å². The Morgan fingerprint density at radius 2 is 1.87 bits per heavy atom.